The first-order valence-corrected chi connectivity index (χ1v) is 40.3. The number of nitrogens with zero attached hydrogens (tertiary/aromatic N) is 1. The Morgan fingerprint density at radius 3 is 2.21 bits per heavy atom. The maximum atomic E-state index is 15.3. The van der Waals surface area contributed by atoms with Gasteiger partial charge in [-0.15, -0.1) is 11.5 Å². The fraction of sp³-hybridized carbons (Fsp3) is 0.553. The number of nitrogens with one attached hydrogen (secondary N) is 1. The lowest BCUT2D eigenvalue weighted by atomic mass is 9.88. The number of amides is 1. The lowest BCUT2D eigenvalue weighted by Gasteiger charge is -2.49. The Morgan fingerprint density at radius 2 is 1.60 bits per heavy atom. The molecular formula is C76H101ClN2O20Si2. The number of aliphatic hydroxyl groups is 1. The standard InChI is InChI=1S/C76H101ClN2O20Si2/c1-18-34-88-60-37-52-38-61(93-49(9)10)68(86-17)67(85-16)55(52)40-56(60)71(81)79-59-42-65(80)90-46-64(91-48-87-45-51-27-29-54(84-15)30-28-51)75(97-72(82)89-35-19-2,32-26-36-100(20-3,21-4)22-5)33-31-53-39-62(95-63-44-78-58(59)41-57(63)77)70(76(53)47-92-73(12,13)99-76)96-66-43-74(14,83)69(50(11)94-66)98-101(23-6,24-7)25-8/h18-19,27-30,37-41,44,49-50,59,62,64,66,69-70,83H,1-2,20-25,32,34-35,42-43,45-48H2,3-17H3,(H,79,81)/t50-,59+,62-,64+,66-,69-,70+,74+,75+,76-/m0/s1. The van der Waals surface area contributed by atoms with Crippen molar-refractivity contribution < 1.29 is 95.0 Å². The van der Waals surface area contributed by atoms with E-state index in [1.807, 2.05) is 32.9 Å². The highest BCUT2D eigenvalue weighted by Crippen LogP contribution is 2.50. The number of esters is 1. The summed E-state index contributed by atoms with van der Waals surface area (Å²) in [5, 5.41) is 16.6. The van der Waals surface area contributed by atoms with E-state index >= 15 is 9.59 Å². The molecule has 550 valence electrons. The normalized spacial score (nSPS) is 24.9. The number of halogens is 1. The molecule has 0 radical (unpaired) electrons. The summed E-state index contributed by atoms with van der Waals surface area (Å²) in [6, 6.07) is 17.4. The van der Waals surface area contributed by atoms with Crippen molar-refractivity contribution in [3.05, 3.63) is 114 Å². The van der Waals surface area contributed by atoms with E-state index < -0.39 is 120 Å². The Hall–Kier alpha value is -7.18. The zero-order valence-corrected chi connectivity index (χ0v) is 63.9. The van der Waals surface area contributed by atoms with Gasteiger partial charge in [0.1, 0.15) is 64.5 Å². The van der Waals surface area contributed by atoms with Crippen LogP contribution in [0.4, 0.5) is 4.79 Å². The van der Waals surface area contributed by atoms with Crippen LogP contribution in [-0.2, 0) is 58.5 Å². The molecule has 4 aliphatic heterocycles. The van der Waals surface area contributed by atoms with Gasteiger partial charge in [0.25, 0.3) is 5.91 Å². The first kappa shape index (κ1) is 79.5. The van der Waals surface area contributed by atoms with Crippen molar-refractivity contribution in [1.82, 2.24) is 10.3 Å². The van der Waals surface area contributed by atoms with E-state index in [-0.39, 0.29) is 84.5 Å². The zero-order chi connectivity index (χ0) is 73.5. The number of hydrogen-bond donors (Lipinski definition) is 2. The molecule has 5 heterocycles. The van der Waals surface area contributed by atoms with Crippen molar-refractivity contribution in [1.29, 1.82) is 0 Å². The molecule has 2 N–H and O–H groups in total. The highest BCUT2D eigenvalue weighted by atomic mass is 35.5. The number of rotatable bonds is 29. The lowest BCUT2D eigenvalue weighted by Crippen LogP contribution is -2.61. The van der Waals surface area contributed by atoms with Crippen LogP contribution in [0.3, 0.4) is 0 Å². The number of carbonyl (C=O) groups is 3. The molecule has 9 rings (SSSR count). The highest BCUT2D eigenvalue weighted by molar-refractivity contribution is 6.87. The van der Waals surface area contributed by atoms with Crippen LogP contribution in [0.1, 0.15) is 130 Å². The smallest absolute Gasteiger partial charge is 0.497 e. The van der Waals surface area contributed by atoms with Gasteiger partial charge >= 0.3 is 12.1 Å². The second kappa shape index (κ2) is 34.9. The molecule has 10 atom stereocenters. The Labute approximate surface area is 601 Å². The second-order valence-corrected chi connectivity index (χ2v) is 36.7. The van der Waals surface area contributed by atoms with E-state index in [9.17, 15) is 9.90 Å². The van der Waals surface area contributed by atoms with E-state index in [0.717, 1.165) is 41.8 Å². The number of carbonyl (C=O) groups excluding carboxylic acids is 3. The average Bonchev–Trinajstić information content (AvgIpc) is 1.59. The number of benzene rings is 3. The first-order valence-electron chi connectivity index (χ1n) is 34.7. The van der Waals surface area contributed by atoms with E-state index in [0.29, 0.717) is 28.0 Å². The molecule has 0 unspecified atom stereocenters. The van der Waals surface area contributed by atoms with Gasteiger partial charge in [-0.1, -0.05) is 96.5 Å². The van der Waals surface area contributed by atoms with Crippen molar-refractivity contribution in [2.24, 2.45) is 0 Å². The highest BCUT2D eigenvalue weighted by Gasteiger charge is 2.62. The molecule has 1 spiro atoms. The van der Waals surface area contributed by atoms with Crippen LogP contribution in [0.5, 0.6) is 34.5 Å². The van der Waals surface area contributed by atoms with Crippen molar-refractivity contribution >= 4 is 56.8 Å². The summed E-state index contributed by atoms with van der Waals surface area (Å²) < 4.78 is 102. The Kier molecular flexibility index (Phi) is 27.5. The number of aromatic nitrogens is 1. The Morgan fingerprint density at radius 1 is 0.911 bits per heavy atom. The second-order valence-electron chi connectivity index (χ2n) is 26.6. The molecule has 4 bridgehead atoms. The number of methoxy groups -OCH3 is 3. The molecule has 4 aromatic rings. The monoisotopic (exact) mass is 1450 g/mol. The average molecular weight is 1450 g/mol. The molecule has 22 nitrogen and oxygen atoms in total. The lowest BCUT2D eigenvalue weighted by molar-refractivity contribution is -0.299. The fourth-order valence-corrected chi connectivity index (χ4v) is 18.8. The Balaban J connectivity index is 1.33. The van der Waals surface area contributed by atoms with Crippen molar-refractivity contribution in [2.45, 2.75) is 217 Å². The largest absolute Gasteiger partial charge is 0.510 e. The summed E-state index contributed by atoms with van der Waals surface area (Å²) in [5.74, 6) is 8.99. The summed E-state index contributed by atoms with van der Waals surface area (Å²) in [6.45, 7) is 29.7. The minimum Gasteiger partial charge on any atom is -0.497 e. The van der Waals surface area contributed by atoms with Gasteiger partial charge in [-0.2, -0.15) is 0 Å². The van der Waals surface area contributed by atoms with Crippen molar-refractivity contribution in [2.75, 3.05) is 54.5 Å². The van der Waals surface area contributed by atoms with Crippen LogP contribution in [0.25, 0.3) is 10.8 Å². The van der Waals surface area contributed by atoms with Gasteiger partial charge < -0.3 is 85.9 Å². The SMILES string of the molecule is C=CCOC(=O)O[C@]1(CC#C[Si](CC)(CC)CC)C#CC2=C[C@H](Oc3cnc(cc3Cl)[C@H](NC(=O)c3cc4c(OC)c(OC)c(OC(C)C)cc4cc3OCC=C)CC(=O)OC[C@H]1OCOCc1ccc(OC)cc1)[C@@H](O[C@H]1C[C@@](C)(O)[C@@H](O[Si](CC)(CC)CC)[C@H](C)O1)[C@]21COC(C)(C)O1. The van der Waals surface area contributed by atoms with Gasteiger partial charge in [-0.3, -0.25) is 14.6 Å². The molecule has 5 aliphatic rings. The van der Waals surface area contributed by atoms with Gasteiger partial charge in [-0.05, 0) is 137 Å². The summed E-state index contributed by atoms with van der Waals surface area (Å²) in [4.78, 5) is 49.7. The summed E-state index contributed by atoms with van der Waals surface area (Å²) >= 11 is 7.34. The molecule has 2 saturated heterocycles. The van der Waals surface area contributed by atoms with Crippen LogP contribution in [0.15, 0.2) is 91.7 Å². The summed E-state index contributed by atoms with van der Waals surface area (Å²) in [5.41, 5.74) is -0.535. The van der Waals surface area contributed by atoms with E-state index in [1.165, 1.54) is 38.6 Å². The van der Waals surface area contributed by atoms with Gasteiger partial charge in [0.05, 0.1) is 99.8 Å². The molecule has 25 heteroatoms. The predicted octanol–water partition coefficient (Wildman–Crippen LogP) is 13.6. The molecule has 1 aromatic heterocycles. The molecule has 1 amide bonds. The number of pyridine rings is 1. The van der Waals surface area contributed by atoms with Gasteiger partial charge in [0, 0.05) is 17.4 Å². The molecule has 1 aliphatic carbocycles. The number of ether oxygens (including phenoxy) is 15. The maximum absolute atomic E-state index is 15.3. The van der Waals surface area contributed by atoms with E-state index in [1.54, 1.807) is 64.3 Å². The van der Waals surface area contributed by atoms with Crippen molar-refractivity contribution in [3.8, 4) is 57.8 Å². The quantitative estimate of drug-likeness (QED) is 0.0128. The van der Waals surface area contributed by atoms with Crippen molar-refractivity contribution in [3.63, 3.8) is 0 Å². The third-order valence-corrected chi connectivity index (χ3v) is 28.9. The van der Waals surface area contributed by atoms with Crippen LogP contribution in [0, 0.1) is 23.3 Å². The third kappa shape index (κ3) is 18.8. The minimum absolute atomic E-state index is 0.00688. The molecule has 0 saturated carbocycles. The Bertz CT molecular complexity index is 3710. The third-order valence-electron chi connectivity index (χ3n) is 19.2. The van der Waals surface area contributed by atoms with Crippen LogP contribution in [0.2, 0.25) is 41.3 Å². The van der Waals surface area contributed by atoms with E-state index in [2.05, 4.69) is 83.3 Å². The molecule has 3 aromatic carbocycles. The molecular weight excluding hydrogens is 1350 g/mol. The van der Waals surface area contributed by atoms with Gasteiger partial charge in [0.15, 0.2) is 43.2 Å². The predicted molar refractivity (Wildman–Crippen MR) is 387 cm³/mol. The number of fused-ring (bicyclic) bond motifs is 10. The topological polar surface area (TPSA) is 244 Å². The fourth-order valence-electron chi connectivity index (χ4n) is 13.2. The summed E-state index contributed by atoms with van der Waals surface area (Å²) in [6.07, 6.45) is -2.71. The number of hydrogen-bond acceptors (Lipinski definition) is 21. The first-order chi connectivity index (χ1) is 48.2. The zero-order valence-electron chi connectivity index (χ0n) is 61.1. The molecule has 101 heavy (non-hydrogen) atoms. The minimum atomic E-state index is -2.29. The van der Waals surface area contributed by atoms with E-state index in [4.69, 9.17) is 92.1 Å². The van der Waals surface area contributed by atoms with Crippen LogP contribution >= 0.6 is 11.6 Å². The maximum Gasteiger partial charge on any atom is 0.510 e. The molecule has 2 fully saturated rings. The van der Waals surface area contributed by atoms with Gasteiger partial charge in [-0.25, -0.2) is 4.79 Å². The van der Waals surface area contributed by atoms with Gasteiger partial charge in [0.2, 0.25) is 11.4 Å². The summed E-state index contributed by atoms with van der Waals surface area (Å²) in [7, 11) is -0.0334. The van der Waals surface area contributed by atoms with Crippen LogP contribution < -0.4 is 33.7 Å². The van der Waals surface area contributed by atoms with Crippen LogP contribution in [-0.4, -0.2) is 165 Å².